The third-order valence-electron chi connectivity index (χ3n) is 2.57. The van der Waals surface area contributed by atoms with Crippen molar-refractivity contribution in [2.45, 2.75) is 18.4 Å². The number of benzene rings is 1. The van der Waals surface area contributed by atoms with Crippen molar-refractivity contribution in [2.75, 3.05) is 5.75 Å². The highest BCUT2D eigenvalue weighted by Crippen LogP contribution is 2.44. The molecular weight excluding hydrogens is 401 g/mol. The molecule has 0 saturated carbocycles. The fraction of sp³-hybridized carbons (Fsp3) is 0.364. The lowest BCUT2D eigenvalue weighted by atomic mass is 10.1. The lowest BCUT2D eigenvalue weighted by Crippen LogP contribution is -2.20. The van der Waals surface area contributed by atoms with Gasteiger partial charge in [0.15, 0.2) is 5.17 Å². The molecule has 14 heteroatoms. The minimum atomic E-state index is -5.14. The van der Waals surface area contributed by atoms with E-state index in [4.69, 9.17) is 11.6 Å². The minimum absolute atomic E-state index is 0.0189. The van der Waals surface area contributed by atoms with Crippen LogP contribution in [-0.2, 0) is 6.18 Å². The first-order valence-corrected chi connectivity index (χ1v) is 7.48. The molecule has 0 N–H and O–H groups in total. The van der Waals surface area contributed by atoms with E-state index in [1.807, 2.05) is 0 Å². The molecule has 7 nitrogen and oxygen atoms in total. The summed E-state index contributed by atoms with van der Waals surface area (Å²) in [6.45, 7) is 1.34. The number of aliphatic imine (C=N–C) groups is 1. The van der Waals surface area contributed by atoms with Gasteiger partial charge in [0.05, 0.1) is 15.4 Å². The molecule has 0 aromatic heterocycles. The van der Waals surface area contributed by atoms with Crippen molar-refractivity contribution in [1.29, 1.82) is 0 Å². The van der Waals surface area contributed by atoms with Crippen molar-refractivity contribution in [1.82, 2.24) is 0 Å². The van der Waals surface area contributed by atoms with Crippen molar-refractivity contribution in [3.05, 3.63) is 37.9 Å². The smallest absolute Gasteiger partial charge is 0.258 e. The number of rotatable bonds is 6. The molecule has 0 aliphatic carbocycles. The molecule has 0 unspecified atom stereocenters. The Hall–Kier alpha value is -2.02. The van der Waals surface area contributed by atoms with Gasteiger partial charge in [-0.3, -0.25) is 20.2 Å². The molecule has 0 aliphatic heterocycles. The van der Waals surface area contributed by atoms with E-state index < -0.39 is 49.1 Å². The van der Waals surface area contributed by atoms with Crippen molar-refractivity contribution in [3.8, 4) is 0 Å². The normalized spacial score (nSPS) is 13.0. The SMILES string of the molecule is CCSC(F)(F)C(Cl)=Nc1c([N+](=O)[O-])cc(C(F)(F)F)cc1[N+](=O)[O-]. The molecule has 0 amide bonds. The number of nitro benzene ring substituents is 2. The van der Waals surface area contributed by atoms with Crippen LogP contribution in [0, 0.1) is 20.2 Å². The first-order valence-electron chi connectivity index (χ1n) is 6.11. The number of halogens is 6. The Morgan fingerprint density at radius 2 is 1.60 bits per heavy atom. The molecule has 0 atom stereocenters. The van der Waals surface area contributed by atoms with Crippen LogP contribution in [0.1, 0.15) is 12.5 Å². The van der Waals surface area contributed by atoms with Crippen LogP contribution in [-0.4, -0.2) is 26.0 Å². The van der Waals surface area contributed by atoms with Crippen LogP contribution in [0.2, 0.25) is 0 Å². The third kappa shape index (κ3) is 4.98. The fourth-order valence-corrected chi connectivity index (χ4v) is 2.34. The standard InChI is InChI=1S/C11H7ClF5N3O4S/c1-2-25-11(16,17)9(12)18-8-6(19(21)22)3-5(10(13,14)15)4-7(8)20(23)24/h3-4H,2H2,1H3. The first-order chi connectivity index (χ1) is 11.3. The van der Waals surface area contributed by atoms with Gasteiger partial charge in [0, 0.05) is 12.1 Å². The highest BCUT2D eigenvalue weighted by atomic mass is 35.5. The Bertz CT molecular complexity index is 706. The Kier molecular flexibility index (Phi) is 6.28. The van der Waals surface area contributed by atoms with Crippen LogP contribution >= 0.6 is 23.4 Å². The summed E-state index contributed by atoms with van der Waals surface area (Å²) in [7, 11) is 0. The molecule has 25 heavy (non-hydrogen) atoms. The Morgan fingerprint density at radius 1 is 1.16 bits per heavy atom. The molecular formula is C11H7ClF5N3O4S. The van der Waals surface area contributed by atoms with E-state index in [2.05, 4.69) is 4.99 Å². The quantitative estimate of drug-likeness (QED) is 0.281. The van der Waals surface area contributed by atoms with E-state index in [1.54, 1.807) is 0 Å². The molecule has 1 aromatic carbocycles. The van der Waals surface area contributed by atoms with E-state index in [-0.39, 0.29) is 29.6 Å². The second-order valence-electron chi connectivity index (χ2n) is 4.23. The van der Waals surface area contributed by atoms with Crippen molar-refractivity contribution in [3.63, 3.8) is 0 Å². The Balaban J connectivity index is 3.74. The number of nitrogens with zero attached hydrogens (tertiary/aromatic N) is 3. The summed E-state index contributed by atoms with van der Waals surface area (Å²) in [5.74, 6) is -0.143. The maximum atomic E-state index is 13.6. The van der Waals surface area contributed by atoms with E-state index in [9.17, 15) is 42.2 Å². The van der Waals surface area contributed by atoms with Gasteiger partial charge in [0.25, 0.3) is 0 Å². The second kappa shape index (κ2) is 7.47. The summed E-state index contributed by atoms with van der Waals surface area (Å²) >= 11 is 5.26. The van der Waals surface area contributed by atoms with Crippen LogP contribution in [0.5, 0.6) is 0 Å². The lowest BCUT2D eigenvalue weighted by molar-refractivity contribution is -0.392. The highest BCUT2D eigenvalue weighted by molar-refractivity contribution is 8.01. The monoisotopic (exact) mass is 407 g/mol. The van der Waals surface area contributed by atoms with Gasteiger partial charge in [-0.1, -0.05) is 30.3 Å². The topological polar surface area (TPSA) is 98.6 Å². The Labute approximate surface area is 145 Å². The summed E-state index contributed by atoms with van der Waals surface area (Å²) in [5.41, 5.74) is -5.95. The van der Waals surface area contributed by atoms with Gasteiger partial charge < -0.3 is 0 Å². The maximum Gasteiger partial charge on any atom is 0.416 e. The summed E-state index contributed by atoms with van der Waals surface area (Å²) < 4.78 is 65.4. The molecule has 0 saturated heterocycles. The van der Waals surface area contributed by atoms with Gasteiger partial charge >= 0.3 is 22.8 Å². The van der Waals surface area contributed by atoms with Crippen LogP contribution in [0.25, 0.3) is 0 Å². The van der Waals surface area contributed by atoms with Gasteiger partial charge in [0.2, 0.25) is 5.69 Å². The third-order valence-corrected chi connectivity index (χ3v) is 3.84. The van der Waals surface area contributed by atoms with E-state index in [0.717, 1.165) is 0 Å². The molecule has 1 aromatic rings. The molecule has 0 bridgehead atoms. The van der Waals surface area contributed by atoms with Crippen LogP contribution in [0.4, 0.5) is 39.0 Å². The number of alkyl halides is 5. The molecule has 0 heterocycles. The summed E-state index contributed by atoms with van der Waals surface area (Å²) in [6.07, 6.45) is -5.14. The summed E-state index contributed by atoms with van der Waals surface area (Å²) in [4.78, 5) is 22.0. The molecule has 138 valence electrons. The van der Waals surface area contributed by atoms with E-state index >= 15 is 0 Å². The first kappa shape index (κ1) is 21.0. The van der Waals surface area contributed by atoms with E-state index in [1.165, 1.54) is 6.92 Å². The van der Waals surface area contributed by atoms with Gasteiger partial charge in [-0.25, -0.2) is 4.99 Å². The fourth-order valence-electron chi connectivity index (χ4n) is 1.56. The Morgan fingerprint density at radius 3 is 1.92 bits per heavy atom. The minimum Gasteiger partial charge on any atom is -0.258 e. The van der Waals surface area contributed by atoms with E-state index in [0.29, 0.717) is 0 Å². The zero-order valence-corrected chi connectivity index (χ0v) is 13.6. The molecule has 0 spiro atoms. The second-order valence-corrected chi connectivity index (χ2v) is 5.96. The van der Waals surface area contributed by atoms with Gasteiger partial charge in [-0.05, 0) is 5.75 Å². The van der Waals surface area contributed by atoms with Crippen molar-refractivity contribution >= 4 is 45.6 Å². The van der Waals surface area contributed by atoms with Crippen molar-refractivity contribution in [2.24, 2.45) is 4.99 Å². The highest BCUT2D eigenvalue weighted by Gasteiger charge is 2.40. The average Bonchev–Trinajstić information content (AvgIpc) is 2.45. The van der Waals surface area contributed by atoms with Crippen LogP contribution in [0.15, 0.2) is 17.1 Å². The largest absolute Gasteiger partial charge is 0.416 e. The predicted octanol–water partition coefficient (Wildman–Crippen LogP) is 5.14. The average molecular weight is 408 g/mol. The molecule has 0 fully saturated rings. The number of nitro groups is 2. The maximum absolute atomic E-state index is 13.6. The molecule has 0 radical (unpaired) electrons. The predicted molar refractivity (Wildman–Crippen MR) is 80.8 cm³/mol. The summed E-state index contributed by atoms with van der Waals surface area (Å²) in [5, 5.41) is 16.5. The lowest BCUT2D eigenvalue weighted by Gasteiger charge is -2.13. The zero-order chi connectivity index (χ0) is 19.6. The summed E-state index contributed by atoms with van der Waals surface area (Å²) in [6, 6.07) is -0.0811. The van der Waals surface area contributed by atoms with Crippen LogP contribution < -0.4 is 0 Å². The number of hydrogen-bond donors (Lipinski definition) is 0. The van der Waals surface area contributed by atoms with Gasteiger partial charge in [-0.2, -0.15) is 22.0 Å². The number of hydrogen-bond acceptors (Lipinski definition) is 6. The molecule has 0 aliphatic rings. The van der Waals surface area contributed by atoms with Gasteiger partial charge in [0.1, 0.15) is 0 Å². The van der Waals surface area contributed by atoms with Crippen molar-refractivity contribution < 1.29 is 31.8 Å². The molecule has 1 rings (SSSR count). The van der Waals surface area contributed by atoms with Gasteiger partial charge in [-0.15, -0.1) is 0 Å². The van der Waals surface area contributed by atoms with Crippen LogP contribution in [0.3, 0.4) is 0 Å². The zero-order valence-electron chi connectivity index (χ0n) is 12.0. The number of thioether (sulfide) groups is 1.